The third-order valence-corrected chi connectivity index (χ3v) is 2.55. The van der Waals surface area contributed by atoms with Crippen molar-refractivity contribution in [2.24, 2.45) is 0 Å². The fourth-order valence-electron chi connectivity index (χ4n) is 1.06. The molecule has 0 bridgehead atoms. The van der Waals surface area contributed by atoms with Crippen molar-refractivity contribution in [3.8, 4) is 0 Å². The second-order valence-corrected chi connectivity index (χ2v) is 4.18. The van der Waals surface area contributed by atoms with Gasteiger partial charge in [0.25, 0.3) is 0 Å². The number of carbonyl (C=O) groups excluding carboxylic acids is 1. The molecular weight excluding hydrogens is 182 g/mol. The highest BCUT2D eigenvalue weighted by atomic mass is 32.1. The van der Waals surface area contributed by atoms with E-state index in [1.807, 2.05) is 35.8 Å². The van der Waals surface area contributed by atoms with E-state index in [0.717, 1.165) is 12.1 Å². The second kappa shape index (κ2) is 5.14. The highest BCUT2D eigenvalue weighted by Gasteiger charge is 2.04. The topological polar surface area (TPSA) is 20.3 Å². The zero-order valence-corrected chi connectivity index (χ0v) is 8.93. The smallest absolute Gasteiger partial charge is 0.138 e. The Labute approximate surface area is 83.2 Å². The molecule has 0 aliphatic carbocycles. The Morgan fingerprint density at radius 1 is 1.54 bits per heavy atom. The van der Waals surface area contributed by atoms with E-state index in [1.165, 1.54) is 0 Å². The lowest BCUT2D eigenvalue weighted by Crippen LogP contribution is -2.17. The fraction of sp³-hybridized carbons (Fsp3) is 0.500. The summed E-state index contributed by atoms with van der Waals surface area (Å²) < 4.78 is 0. The van der Waals surface area contributed by atoms with Crippen molar-refractivity contribution in [3.63, 3.8) is 0 Å². The summed E-state index contributed by atoms with van der Waals surface area (Å²) in [5, 5.41) is 4.04. The minimum atomic E-state index is 0.326. The lowest BCUT2D eigenvalue weighted by molar-refractivity contribution is -0.118. The van der Waals surface area contributed by atoms with Crippen LogP contribution in [0.5, 0.6) is 0 Å². The predicted molar refractivity (Wildman–Crippen MR) is 56.2 cm³/mol. The van der Waals surface area contributed by atoms with E-state index in [4.69, 9.17) is 0 Å². The van der Waals surface area contributed by atoms with E-state index in [9.17, 15) is 4.79 Å². The molecule has 0 saturated heterocycles. The first-order valence-electron chi connectivity index (χ1n) is 4.36. The average Bonchev–Trinajstić information content (AvgIpc) is 2.53. The molecule has 1 aromatic rings. The summed E-state index contributed by atoms with van der Waals surface area (Å²) in [5.41, 5.74) is 1.15. The summed E-state index contributed by atoms with van der Waals surface area (Å²) in [4.78, 5) is 13.4. The van der Waals surface area contributed by atoms with Gasteiger partial charge in [-0.2, -0.15) is 11.3 Å². The van der Waals surface area contributed by atoms with Crippen LogP contribution < -0.4 is 0 Å². The van der Waals surface area contributed by atoms with Gasteiger partial charge in [0.05, 0.1) is 0 Å². The molecule has 13 heavy (non-hydrogen) atoms. The first-order chi connectivity index (χ1) is 6.18. The van der Waals surface area contributed by atoms with Crippen LogP contribution in [-0.2, 0) is 11.2 Å². The Morgan fingerprint density at radius 2 is 2.31 bits per heavy atom. The Bertz CT molecular complexity index is 254. The van der Waals surface area contributed by atoms with Crippen LogP contribution in [0.15, 0.2) is 16.8 Å². The van der Waals surface area contributed by atoms with Gasteiger partial charge in [-0.15, -0.1) is 0 Å². The summed E-state index contributed by atoms with van der Waals surface area (Å²) >= 11 is 1.64. The predicted octanol–water partition coefficient (Wildman–Crippen LogP) is 1.81. The van der Waals surface area contributed by atoms with Crippen molar-refractivity contribution in [1.29, 1.82) is 0 Å². The van der Waals surface area contributed by atoms with Crippen molar-refractivity contribution >= 4 is 17.1 Å². The van der Waals surface area contributed by atoms with Crippen LogP contribution in [0.4, 0.5) is 0 Å². The summed E-state index contributed by atoms with van der Waals surface area (Å²) in [6, 6.07) is 2.01. The standard InChI is InChI=1S/C10H15NOS/c1-11(2)5-3-10(12)7-9-4-6-13-8-9/h4,6,8H,3,5,7H2,1-2H3. The van der Waals surface area contributed by atoms with E-state index in [0.29, 0.717) is 18.6 Å². The quantitative estimate of drug-likeness (QED) is 0.717. The first-order valence-corrected chi connectivity index (χ1v) is 5.30. The number of hydrogen-bond donors (Lipinski definition) is 0. The zero-order valence-electron chi connectivity index (χ0n) is 8.12. The maximum absolute atomic E-state index is 11.4. The number of carbonyl (C=O) groups is 1. The van der Waals surface area contributed by atoms with Crippen LogP contribution in [0, 0.1) is 0 Å². The lowest BCUT2D eigenvalue weighted by Gasteiger charge is -2.07. The van der Waals surface area contributed by atoms with Gasteiger partial charge >= 0.3 is 0 Å². The highest BCUT2D eigenvalue weighted by molar-refractivity contribution is 7.07. The zero-order chi connectivity index (χ0) is 9.68. The van der Waals surface area contributed by atoms with Gasteiger partial charge in [0.2, 0.25) is 0 Å². The normalized spacial score (nSPS) is 10.7. The van der Waals surface area contributed by atoms with Gasteiger partial charge in [-0.3, -0.25) is 4.79 Å². The average molecular weight is 197 g/mol. The number of nitrogens with zero attached hydrogens (tertiary/aromatic N) is 1. The van der Waals surface area contributed by atoms with E-state index in [1.54, 1.807) is 11.3 Å². The van der Waals surface area contributed by atoms with Crippen molar-refractivity contribution in [3.05, 3.63) is 22.4 Å². The summed E-state index contributed by atoms with van der Waals surface area (Å²) in [7, 11) is 3.97. The van der Waals surface area contributed by atoms with Gasteiger partial charge in [0.1, 0.15) is 5.78 Å². The van der Waals surface area contributed by atoms with Gasteiger partial charge in [-0.05, 0) is 36.5 Å². The molecule has 0 amide bonds. The summed E-state index contributed by atoms with van der Waals surface area (Å²) in [6.07, 6.45) is 1.25. The van der Waals surface area contributed by atoms with Crippen LogP contribution in [0.3, 0.4) is 0 Å². The van der Waals surface area contributed by atoms with Gasteiger partial charge in [0, 0.05) is 19.4 Å². The molecule has 1 rings (SSSR count). The molecule has 0 aromatic carbocycles. The molecule has 0 N–H and O–H groups in total. The molecular formula is C10H15NOS. The molecule has 0 spiro atoms. The molecule has 0 aliphatic rings. The number of Topliss-reactive ketones (excluding diaryl/α,β-unsaturated/α-hetero) is 1. The van der Waals surface area contributed by atoms with Crippen LogP contribution in [0.2, 0.25) is 0 Å². The van der Waals surface area contributed by atoms with Crippen LogP contribution >= 0.6 is 11.3 Å². The Morgan fingerprint density at radius 3 is 2.85 bits per heavy atom. The maximum Gasteiger partial charge on any atom is 0.138 e. The SMILES string of the molecule is CN(C)CCC(=O)Cc1ccsc1. The molecule has 72 valence electrons. The van der Waals surface area contributed by atoms with Crippen LogP contribution in [0.25, 0.3) is 0 Å². The van der Waals surface area contributed by atoms with Crippen molar-refractivity contribution in [1.82, 2.24) is 4.90 Å². The van der Waals surface area contributed by atoms with E-state index in [-0.39, 0.29) is 0 Å². The Kier molecular flexibility index (Phi) is 4.12. The first kappa shape index (κ1) is 10.4. The molecule has 0 aliphatic heterocycles. The van der Waals surface area contributed by atoms with E-state index < -0.39 is 0 Å². The molecule has 1 aromatic heterocycles. The van der Waals surface area contributed by atoms with Crippen molar-refractivity contribution in [2.75, 3.05) is 20.6 Å². The monoisotopic (exact) mass is 197 g/mol. The Balaban J connectivity index is 2.26. The number of rotatable bonds is 5. The van der Waals surface area contributed by atoms with Crippen molar-refractivity contribution < 1.29 is 4.79 Å². The molecule has 3 heteroatoms. The molecule has 0 unspecified atom stereocenters. The minimum absolute atomic E-state index is 0.326. The molecule has 2 nitrogen and oxygen atoms in total. The Hall–Kier alpha value is -0.670. The largest absolute Gasteiger partial charge is 0.309 e. The van der Waals surface area contributed by atoms with Gasteiger partial charge < -0.3 is 4.90 Å². The molecule has 0 saturated carbocycles. The number of ketones is 1. The number of thiophene rings is 1. The molecule has 0 radical (unpaired) electrons. The third-order valence-electron chi connectivity index (χ3n) is 1.82. The molecule has 1 heterocycles. The second-order valence-electron chi connectivity index (χ2n) is 3.40. The van der Waals surface area contributed by atoms with Crippen LogP contribution in [-0.4, -0.2) is 31.3 Å². The minimum Gasteiger partial charge on any atom is -0.309 e. The summed E-state index contributed by atoms with van der Waals surface area (Å²) in [5.74, 6) is 0.326. The van der Waals surface area contributed by atoms with Gasteiger partial charge in [-0.25, -0.2) is 0 Å². The van der Waals surface area contributed by atoms with E-state index >= 15 is 0 Å². The highest BCUT2D eigenvalue weighted by Crippen LogP contribution is 2.07. The van der Waals surface area contributed by atoms with E-state index in [2.05, 4.69) is 0 Å². The number of hydrogen-bond acceptors (Lipinski definition) is 3. The lowest BCUT2D eigenvalue weighted by atomic mass is 10.1. The third kappa shape index (κ3) is 4.20. The van der Waals surface area contributed by atoms with Gasteiger partial charge in [0.15, 0.2) is 0 Å². The fourth-order valence-corrected chi connectivity index (χ4v) is 1.73. The van der Waals surface area contributed by atoms with Gasteiger partial charge in [-0.1, -0.05) is 0 Å². The van der Waals surface area contributed by atoms with Crippen LogP contribution in [0.1, 0.15) is 12.0 Å². The summed E-state index contributed by atoms with van der Waals surface area (Å²) in [6.45, 7) is 0.850. The molecule has 0 fully saturated rings. The molecule has 0 atom stereocenters. The van der Waals surface area contributed by atoms with Crippen molar-refractivity contribution in [2.45, 2.75) is 12.8 Å². The maximum atomic E-state index is 11.4.